The second-order valence-corrected chi connectivity index (χ2v) is 5.94. The SMILES string of the molecule is C=CCn1c(=S)[nH]c2c(c1=O)C(C)(C)c1ccccc1-2. The van der Waals surface area contributed by atoms with Crippen LogP contribution in [0.4, 0.5) is 0 Å². The van der Waals surface area contributed by atoms with Crippen molar-refractivity contribution in [3.05, 3.63) is 63.2 Å². The van der Waals surface area contributed by atoms with E-state index >= 15 is 0 Å². The summed E-state index contributed by atoms with van der Waals surface area (Å²) in [6.45, 7) is 8.27. The van der Waals surface area contributed by atoms with Crippen molar-refractivity contribution < 1.29 is 0 Å². The zero-order chi connectivity index (χ0) is 14.5. The number of hydrogen-bond donors (Lipinski definition) is 1. The number of allylic oxidation sites excluding steroid dienone is 1. The van der Waals surface area contributed by atoms with Gasteiger partial charge in [0, 0.05) is 17.5 Å². The Morgan fingerprint density at radius 1 is 1.40 bits per heavy atom. The highest BCUT2D eigenvalue weighted by Gasteiger charge is 2.38. The highest BCUT2D eigenvalue weighted by molar-refractivity contribution is 7.71. The topological polar surface area (TPSA) is 37.8 Å². The summed E-state index contributed by atoms with van der Waals surface area (Å²) in [5, 5.41) is 0. The normalized spacial score (nSPS) is 14.7. The number of rotatable bonds is 2. The molecule has 0 bridgehead atoms. The minimum atomic E-state index is -0.314. The smallest absolute Gasteiger partial charge is 0.259 e. The molecule has 2 aromatic rings. The molecule has 3 nitrogen and oxygen atoms in total. The van der Waals surface area contributed by atoms with E-state index in [1.54, 1.807) is 10.6 Å². The molecular formula is C16H16N2OS. The predicted octanol–water partition coefficient (Wildman–Crippen LogP) is 3.40. The first-order valence-corrected chi connectivity index (χ1v) is 6.97. The van der Waals surface area contributed by atoms with Gasteiger partial charge in [0.05, 0.1) is 11.3 Å². The molecule has 102 valence electrons. The molecule has 0 spiro atoms. The Balaban J connectivity index is 2.44. The Labute approximate surface area is 122 Å². The summed E-state index contributed by atoms with van der Waals surface area (Å²) in [4.78, 5) is 16.0. The molecule has 0 radical (unpaired) electrons. The van der Waals surface area contributed by atoms with E-state index < -0.39 is 0 Å². The molecule has 1 aromatic carbocycles. The average molecular weight is 284 g/mol. The Kier molecular flexibility index (Phi) is 2.80. The molecule has 0 fully saturated rings. The number of hydrogen-bond acceptors (Lipinski definition) is 2. The molecule has 20 heavy (non-hydrogen) atoms. The number of H-pyrrole nitrogens is 1. The van der Waals surface area contributed by atoms with Gasteiger partial charge in [0.1, 0.15) is 0 Å². The summed E-state index contributed by atoms with van der Waals surface area (Å²) in [6.07, 6.45) is 1.69. The molecule has 0 saturated carbocycles. The van der Waals surface area contributed by atoms with Crippen LogP contribution in [-0.2, 0) is 12.0 Å². The number of nitrogens with zero attached hydrogens (tertiary/aromatic N) is 1. The van der Waals surface area contributed by atoms with E-state index in [9.17, 15) is 4.79 Å². The van der Waals surface area contributed by atoms with E-state index in [0.717, 1.165) is 22.4 Å². The number of aromatic amines is 1. The van der Waals surface area contributed by atoms with Crippen LogP contribution in [0.2, 0.25) is 0 Å². The number of nitrogens with one attached hydrogen (secondary N) is 1. The summed E-state index contributed by atoms with van der Waals surface area (Å²) < 4.78 is 2.01. The minimum absolute atomic E-state index is 0.0233. The lowest BCUT2D eigenvalue weighted by Crippen LogP contribution is -2.31. The van der Waals surface area contributed by atoms with Crippen molar-refractivity contribution in [2.75, 3.05) is 0 Å². The lowest BCUT2D eigenvalue weighted by Gasteiger charge is -2.20. The van der Waals surface area contributed by atoms with Gasteiger partial charge in [0.2, 0.25) is 0 Å². The summed E-state index contributed by atoms with van der Waals surface area (Å²) in [7, 11) is 0. The van der Waals surface area contributed by atoms with Gasteiger partial charge in [0.15, 0.2) is 4.77 Å². The lowest BCUT2D eigenvalue weighted by molar-refractivity contribution is 0.622. The van der Waals surface area contributed by atoms with Crippen molar-refractivity contribution in [1.29, 1.82) is 0 Å². The maximum absolute atomic E-state index is 12.8. The van der Waals surface area contributed by atoms with Crippen LogP contribution in [0.5, 0.6) is 0 Å². The van der Waals surface area contributed by atoms with Crippen molar-refractivity contribution in [2.24, 2.45) is 0 Å². The van der Waals surface area contributed by atoms with Crippen molar-refractivity contribution in [1.82, 2.24) is 9.55 Å². The third-order valence-electron chi connectivity index (χ3n) is 3.99. The Bertz CT molecular complexity index is 827. The first-order valence-electron chi connectivity index (χ1n) is 6.57. The maximum atomic E-state index is 12.8. The average Bonchev–Trinajstić information content (AvgIpc) is 2.64. The summed E-state index contributed by atoms with van der Waals surface area (Å²) in [6, 6.07) is 8.09. The summed E-state index contributed by atoms with van der Waals surface area (Å²) in [5.41, 5.74) is 3.54. The van der Waals surface area contributed by atoms with E-state index in [1.165, 1.54) is 0 Å². The van der Waals surface area contributed by atoms with Crippen molar-refractivity contribution in [3.63, 3.8) is 0 Å². The van der Waals surface area contributed by atoms with Crippen molar-refractivity contribution >= 4 is 12.2 Å². The van der Waals surface area contributed by atoms with E-state index in [2.05, 4.69) is 31.5 Å². The standard InChI is InChI=1S/C16H16N2OS/c1-4-9-18-14(19)12-13(17-15(18)20)10-7-5-6-8-11(10)16(12,2)3/h4-8H,1,9H2,2-3H3,(H,17,20). The van der Waals surface area contributed by atoms with Crippen LogP contribution in [0, 0.1) is 4.77 Å². The predicted molar refractivity (Wildman–Crippen MR) is 83.6 cm³/mol. The molecule has 0 atom stereocenters. The van der Waals surface area contributed by atoms with E-state index in [1.807, 2.05) is 18.2 Å². The number of aromatic nitrogens is 2. The van der Waals surface area contributed by atoms with Gasteiger partial charge >= 0.3 is 0 Å². The molecule has 1 aliphatic rings. The van der Waals surface area contributed by atoms with Crippen molar-refractivity contribution in [2.45, 2.75) is 25.8 Å². The maximum Gasteiger partial charge on any atom is 0.259 e. The number of benzene rings is 1. The second kappa shape index (κ2) is 4.28. The Hall–Kier alpha value is -1.94. The first kappa shape index (κ1) is 13.1. The van der Waals surface area contributed by atoms with Gasteiger partial charge in [0.25, 0.3) is 5.56 Å². The largest absolute Gasteiger partial charge is 0.331 e. The van der Waals surface area contributed by atoms with Crippen LogP contribution in [0.3, 0.4) is 0 Å². The highest BCUT2D eigenvalue weighted by Crippen LogP contribution is 2.45. The molecule has 1 N–H and O–H groups in total. The zero-order valence-electron chi connectivity index (χ0n) is 11.6. The summed E-state index contributed by atoms with van der Waals surface area (Å²) >= 11 is 5.31. The highest BCUT2D eigenvalue weighted by atomic mass is 32.1. The van der Waals surface area contributed by atoms with Gasteiger partial charge in [-0.05, 0) is 17.8 Å². The molecule has 1 aromatic heterocycles. The first-order chi connectivity index (χ1) is 9.48. The fourth-order valence-electron chi connectivity index (χ4n) is 3.03. The third-order valence-corrected chi connectivity index (χ3v) is 4.31. The zero-order valence-corrected chi connectivity index (χ0v) is 12.4. The van der Waals surface area contributed by atoms with Gasteiger partial charge in [-0.3, -0.25) is 9.36 Å². The lowest BCUT2D eigenvalue weighted by atomic mass is 9.83. The number of fused-ring (bicyclic) bond motifs is 3. The van der Waals surface area contributed by atoms with E-state index in [-0.39, 0.29) is 11.0 Å². The van der Waals surface area contributed by atoms with E-state index in [4.69, 9.17) is 12.2 Å². The van der Waals surface area contributed by atoms with Crippen LogP contribution in [0.15, 0.2) is 41.7 Å². The van der Waals surface area contributed by atoms with Crippen LogP contribution >= 0.6 is 12.2 Å². The molecule has 0 amide bonds. The Morgan fingerprint density at radius 2 is 2.10 bits per heavy atom. The molecule has 0 saturated heterocycles. The van der Waals surface area contributed by atoms with Crippen LogP contribution < -0.4 is 5.56 Å². The minimum Gasteiger partial charge on any atom is -0.331 e. The second-order valence-electron chi connectivity index (χ2n) is 5.56. The van der Waals surface area contributed by atoms with Gasteiger partial charge in [-0.15, -0.1) is 6.58 Å². The fraction of sp³-hybridized carbons (Fsp3) is 0.250. The van der Waals surface area contributed by atoms with Gasteiger partial charge in [-0.1, -0.05) is 44.2 Å². The van der Waals surface area contributed by atoms with Crippen molar-refractivity contribution in [3.8, 4) is 11.3 Å². The third kappa shape index (κ3) is 1.58. The van der Waals surface area contributed by atoms with Crippen LogP contribution in [0.25, 0.3) is 11.3 Å². The summed E-state index contributed by atoms with van der Waals surface area (Å²) in [5.74, 6) is 0. The monoisotopic (exact) mass is 284 g/mol. The van der Waals surface area contributed by atoms with E-state index in [0.29, 0.717) is 11.3 Å². The molecular weight excluding hydrogens is 268 g/mol. The van der Waals surface area contributed by atoms with Gasteiger partial charge in [-0.2, -0.15) is 0 Å². The molecule has 1 heterocycles. The van der Waals surface area contributed by atoms with Crippen LogP contribution in [-0.4, -0.2) is 9.55 Å². The fourth-order valence-corrected chi connectivity index (χ4v) is 3.29. The molecule has 4 heteroatoms. The quantitative estimate of drug-likeness (QED) is 0.678. The van der Waals surface area contributed by atoms with Gasteiger partial charge < -0.3 is 4.98 Å². The molecule has 0 aliphatic heterocycles. The van der Waals surface area contributed by atoms with Crippen LogP contribution in [0.1, 0.15) is 25.0 Å². The molecule has 1 aliphatic carbocycles. The molecule has 0 unspecified atom stereocenters. The Morgan fingerprint density at radius 3 is 2.80 bits per heavy atom. The molecule has 3 rings (SSSR count). The van der Waals surface area contributed by atoms with Gasteiger partial charge in [-0.25, -0.2) is 0 Å².